The van der Waals surface area contributed by atoms with Crippen molar-refractivity contribution in [2.45, 2.75) is 19.1 Å². The Balaban J connectivity index is 1.48. The van der Waals surface area contributed by atoms with E-state index in [1.807, 2.05) is 0 Å². The number of hydrogen-bond acceptors (Lipinski definition) is 0. The van der Waals surface area contributed by atoms with E-state index in [9.17, 15) is 0 Å². The van der Waals surface area contributed by atoms with E-state index in [0.717, 1.165) is 0 Å². The third-order valence-corrected chi connectivity index (χ3v) is 9.20. The average Bonchev–Trinajstić information content (AvgIpc) is 3.55. The van der Waals surface area contributed by atoms with Gasteiger partial charge in [0.05, 0.1) is 16.4 Å². The second kappa shape index (κ2) is 9.67. The number of hydrogen-bond donors (Lipinski definition) is 0. The van der Waals surface area contributed by atoms with Crippen molar-refractivity contribution in [3.63, 3.8) is 0 Å². The van der Waals surface area contributed by atoms with Gasteiger partial charge in [0.2, 0.25) is 0 Å². The van der Waals surface area contributed by atoms with Crippen LogP contribution in [-0.2, 0) is 5.41 Å². The molecular formula is C39H29B2N. The molecule has 3 heteroatoms. The van der Waals surface area contributed by atoms with Gasteiger partial charge in [-0.1, -0.05) is 134 Å². The summed E-state index contributed by atoms with van der Waals surface area (Å²) in [6, 6.07) is 51.9. The summed E-state index contributed by atoms with van der Waals surface area (Å²) in [5, 5.41) is 2.55. The van der Waals surface area contributed by atoms with Gasteiger partial charge < -0.3 is 4.57 Å². The van der Waals surface area contributed by atoms with Gasteiger partial charge in [-0.25, -0.2) is 0 Å². The smallest absolute Gasteiger partial charge is 0.148 e. The van der Waals surface area contributed by atoms with E-state index in [1.54, 1.807) is 0 Å². The molecule has 7 aromatic rings. The van der Waals surface area contributed by atoms with E-state index in [1.165, 1.54) is 71.8 Å². The van der Waals surface area contributed by atoms with Crippen LogP contribution in [0.4, 0.5) is 0 Å². The molecule has 0 bridgehead atoms. The zero-order valence-corrected chi connectivity index (χ0v) is 23.9. The minimum atomic E-state index is -0.413. The lowest BCUT2D eigenvalue weighted by molar-refractivity contribution is 0.770. The van der Waals surface area contributed by atoms with Gasteiger partial charge in [-0.15, -0.1) is 0 Å². The summed E-state index contributed by atoms with van der Waals surface area (Å²) in [7, 11) is 4.33. The quantitative estimate of drug-likeness (QED) is 0.198. The SMILES string of the molecule is C[B]c1ccc(-n2c3ccc([B]C)cc3c3cc(C4(c5ccccc5)c5ccccc5-c5ccccc54)ccc32)cc1. The van der Waals surface area contributed by atoms with E-state index in [2.05, 4.69) is 172 Å². The Hall–Kier alpha value is -4.75. The molecular weight excluding hydrogens is 504 g/mol. The van der Waals surface area contributed by atoms with Crippen molar-refractivity contribution in [3.05, 3.63) is 162 Å². The van der Waals surface area contributed by atoms with Gasteiger partial charge in [0, 0.05) is 16.5 Å². The molecule has 0 spiro atoms. The predicted octanol–water partition coefficient (Wildman–Crippen LogP) is 7.90. The lowest BCUT2D eigenvalue weighted by Crippen LogP contribution is -2.28. The van der Waals surface area contributed by atoms with Crippen LogP contribution in [0.2, 0.25) is 13.6 Å². The van der Waals surface area contributed by atoms with Crippen LogP contribution in [0.3, 0.4) is 0 Å². The fraction of sp³-hybridized carbons (Fsp3) is 0.0769. The van der Waals surface area contributed by atoms with Gasteiger partial charge >= 0.3 is 0 Å². The maximum Gasteiger partial charge on any atom is 0.148 e. The highest BCUT2D eigenvalue weighted by molar-refractivity contribution is 6.52. The maximum atomic E-state index is 2.47. The molecule has 0 saturated heterocycles. The zero-order chi connectivity index (χ0) is 28.3. The van der Waals surface area contributed by atoms with E-state index >= 15 is 0 Å². The summed E-state index contributed by atoms with van der Waals surface area (Å²) in [5.74, 6) is 0. The number of fused-ring (bicyclic) bond motifs is 6. The molecule has 0 atom stereocenters. The fourth-order valence-corrected chi connectivity index (χ4v) is 7.26. The molecule has 1 aromatic heterocycles. The van der Waals surface area contributed by atoms with E-state index in [-0.39, 0.29) is 0 Å². The Bertz CT molecular complexity index is 2060. The topological polar surface area (TPSA) is 4.93 Å². The van der Waals surface area contributed by atoms with Gasteiger partial charge in [0.15, 0.2) is 0 Å². The first-order valence-electron chi connectivity index (χ1n) is 14.8. The molecule has 0 unspecified atom stereocenters. The van der Waals surface area contributed by atoms with Crippen LogP contribution >= 0.6 is 0 Å². The largest absolute Gasteiger partial charge is 0.309 e. The molecule has 196 valence electrons. The molecule has 1 aliphatic carbocycles. The van der Waals surface area contributed by atoms with Crippen LogP contribution in [0.1, 0.15) is 22.3 Å². The third kappa shape index (κ3) is 3.46. The van der Waals surface area contributed by atoms with Crippen LogP contribution in [-0.4, -0.2) is 19.1 Å². The molecule has 0 amide bonds. The van der Waals surface area contributed by atoms with Crippen molar-refractivity contribution < 1.29 is 0 Å². The fourth-order valence-electron chi connectivity index (χ4n) is 7.26. The normalized spacial score (nSPS) is 13.2. The Morgan fingerprint density at radius 1 is 0.476 bits per heavy atom. The summed E-state index contributed by atoms with van der Waals surface area (Å²) in [5.41, 5.74) is 13.6. The Kier molecular flexibility index (Phi) is 5.76. The average molecular weight is 533 g/mol. The molecule has 2 radical (unpaired) electrons. The standard InChI is InChI=1S/C39H29B2N/c1-40-28-17-20-30(21-18-28)42-37-22-16-27(24-33(37)34-25-29(41-2)19-23-38(34)42)39(26-10-4-3-5-11-26)35-14-8-6-12-31(35)32-13-7-9-15-36(32)39/h3-25H,1-2H3. The number of benzene rings is 6. The molecule has 0 N–H and O–H groups in total. The van der Waals surface area contributed by atoms with Crippen molar-refractivity contribution in [1.82, 2.24) is 4.57 Å². The lowest BCUT2D eigenvalue weighted by atomic mass is 9.67. The van der Waals surface area contributed by atoms with Crippen LogP contribution in [0.25, 0.3) is 38.6 Å². The molecule has 0 fully saturated rings. The molecule has 1 heterocycles. The number of aromatic nitrogens is 1. The first-order chi connectivity index (χ1) is 20.7. The minimum Gasteiger partial charge on any atom is -0.309 e. The molecule has 8 rings (SSSR count). The Morgan fingerprint density at radius 3 is 1.67 bits per heavy atom. The molecule has 1 aliphatic rings. The third-order valence-electron chi connectivity index (χ3n) is 9.20. The number of rotatable bonds is 5. The van der Waals surface area contributed by atoms with Gasteiger partial charge in [-0.2, -0.15) is 0 Å². The van der Waals surface area contributed by atoms with Crippen molar-refractivity contribution in [2.75, 3.05) is 0 Å². The van der Waals surface area contributed by atoms with Gasteiger partial charge in [-0.3, -0.25) is 0 Å². The zero-order valence-electron chi connectivity index (χ0n) is 23.9. The van der Waals surface area contributed by atoms with Crippen LogP contribution < -0.4 is 10.9 Å². The van der Waals surface area contributed by atoms with E-state index in [4.69, 9.17) is 0 Å². The van der Waals surface area contributed by atoms with Gasteiger partial charge in [0.25, 0.3) is 0 Å². The highest BCUT2D eigenvalue weighted by Crippen LogP contribution is 2.56. The molecule has 42 heavy (non-hydrogen) atoms. The van der Waals surface area contributed by atoms with Crippen molar-refractivity contribution >= 4 is 47.3 Å². The van der Waals surface area contributed by atoms with E-state index < -0.39 is 5.41 Å². The minimum absolute atomic E-state index is 0.413. The molecule has 0 saturated carbocycles. The highest BCUT2D eigenvalue weighted by atomic mass is 15.0. The van der Waals surface area contributed by atoms with Crippen molar-refractivity contribution in [3.8, 4) is 16.8 Å². The Morgan fingerprint density at radius 2 is 1.02 bits per heavy atom. The summed E-state index contributed by atoms with van der Waals surface area (Å²) >= 11 is 0. The van der Waals surface area contributed by atoms with Crippen molar-refractivity contribution in [2.24, 2.45) is 0 Å². The second-order valence-electron chi connectivity index (χ2n) is 11.2. The van der Waals surface area contributed by atoms with Crippen LogP contribution in [0.5, 0.6) is 0 Å². The Labute approximate surface area is 249 Å². The van der Waals surface area contributed by atoms with Crippen LogP contribution in [0.15, 0.2) is 140 Å². The van der Waals surface area contributed by atoms with Gasteiger partial charge in [0.1, 0.15) is 14.6 Å². The van der Waals surface area contributed by atoms with Crippen LogP contribution in [0, 0.1) is 0 Å². The summed E-state index contributed by atoms with van der Waals surface area (Å²) in [6.45, 7) is 4.20. The summed E-state index contributed by atoms with van der Waals surface area (Å²) in [4.78, 5) is 0. The van der Waals surface area contributed by atoms with Crippen molar-refractivity contribution in [1.29, 1.82) is 0 Å². The highest BCUT2D eigenvalue weighted by Gasteiger charge is 2.46. The molecule has 1 nitrogen and oxygen atoms in total. The second-order valence-corrected chi connectivity index (χ2v) is 11.2. The molecule has 0 aliphatic heterocycles. The molecule has 6 aromatic carbocycles. The maximum absolute atomic E-state index is 2.47. The first-order valence-corrected chi connectivity index (χ1v) is 14.8. The predicted molar refractivity (Wildman–Crippen MR) is 181 cm³/mol. The number of nitrogens with zero attached hydrogens (tertiary/aromatic N) is 1. The monoisotopic (exact) mass is 533 g/mol. The summed E-state index contributed by atoms with van der Waals surface area (Å²) in [6.07, 6.45) is 0. The lowest BCUT2D eigenvalue weighted by Gasteiger charge is -2.34. The van der Waals surface area contributed by atoms with E-state index in [0.29, 0.717) is 0 Å². The summed E-state index contributed by atoms with van der Waals surface area (Å²) < 4.78 is 2.42. The first kappa shape index (κ1) is 25.0. The van der Waals surface area contributed by atoms with Gasteiger partial charge in [-0.05, 0) is 63.7 Å².